The fourth-order valence-electron chi connectivity index (χ4n) is 11.8. The molecule has 10 heteroatoms. The molecule has 0 radical (unpaired) electrons. The molecule has 4 heterocycles. The van der Waals surface area contributed by atoms with Crippen molar-refractivity contribution >= 4 is 49.3 Å². The molecular weight excluding hydrogens is 1040 g/mol. The van der Waals surface area contributed by atoms with Crippen LogP contribution in [-0.4, -0.2) is 39.0 Å². The molecule has 4 aromatic heterocycles. The predicted molar refractivity (Wildman–Crippen MR) is 341 cm³/mol. The Hall–Kier alpha value is -12.0. The summed E-state index contributed by atoms with van der Waals surface area (Å²) < 4.78 is 4.66. The molecule has 0 spiro atoms. The fourth-order valence-corrected chi connectivity index (χ4v) is 11.8. The quantitative estimate of drug-likeness (QED) is 0.125. The molecule has 10 nitrogen and oxygen atoms in total. The van der Waals surface area contributed by atoms with Crippen LogP contribution in [0.4, 0.5) is 5.69 Å². The van der Waals surface area contributed by atoms with Crippen LogP contribution in [0.2, 0.25) is 0 Å². The highest BCUT2D eigenvalue weighted by molar-refractivity contribution is 6.13. The van der Waals surface area contributed by atoms with Crippen molar-refractivity contribution in [2.75, 3.05) is 0 Å². The molecule has 0 amide bonds. The number of rotatable bonds is 10. The number of aromatic nitrogens is 8. The van der Waals surface area contributed by atoms with Gasteiger partial charge in [0, 0.05) is 60.5 Å². The van der Waals surface area contributed by atoms with Crippen LogP contribution in [0.25, 0.3) is 150 Å². The highest BCUT2D eigenvalue weighted by atomic mass is 15.1. The first kappa shape index (κ1) is 50.0. The van der Waals surface area contributed by atoms with Gasteiger partial charge in [0.25, 0.3) is 0 Å². The Labute approximate surface area is 489 Å². The number of para-hydroxylation sites is 2. The topological polar surface area (TPSA) is 115 Å². The minimum absolute atomic E-state index is 0.506. The maximum Gasteiger partial charge on any atom is 0.188 e. The largest absolute Gasteiger partial charge is 0.309 e. The van der Waals surface area contributed by atoms with Gasteiger partial charge in [0.15, 0.2) is 40.6 Å². The summed E-state index contributed by atoms with van der Waals surface area (Å²) in [6.45, 7) is 10.5. The number of benzene rings is 11. The second-order valence-electron chi connectivity index (χ2n) is 20.9. The van der Waals surface area contributed by atoms with E-state index >= 15 is 0 Å². The summed E-state index contributed by atoms with van der Waals surface area (Å²) in [6.07, 6.45) is 0. The van der Waals surface area contributed by atoms with Crippen molar-refractivity contribution in [2.24, 2.45) is 0 Å². The Morgan fingerprint density at radius 1 is 0.329 bits per heavy atom. The Morgan fingerprint density at radius 3 is 1.18 bits per heavy atom. The first-order chi connectivity index (χ1) is 41.9. The number of hydrogen-bond acceptors (Lipinski definition) is 7. The van der Waals surface area contributed by atoms with Gasteiger partial charge in [-0.3, -0.25) is 0 Å². The molecule has 0 aliphatic carbocycles. The fraction of sp³-hybridized carbons (Fsp3) is 0.0133. The van der Waals surface area contributed by atoms with Gasteiger partial charge in [-0.1, -0.05) is 182 Å². The van der Waals surface area contributed by atoms with Crippen molar-refractivity contribution in [3.8, 4) is 108 Å². The van der Waals surface area contributed by atoms with Crippen LogP contribution in [-0.2, 0) is 0 Å². The van der Waals surface area contributed by atoms with E-state index < -0.39 is 0 Å². The number of hydrogen-bond donors (Lipinski definition) is 0. The summed E-state index contributed by atoms with van der Waals surface area (Å²) in [5.41, 5.74) is 16.9. The van der Waals surface area contributed by atoms with Crippen molar-refractivity contribution in [3.05, 3.63) is 283 Å². The van der Waals surface area contributed by atoms with Gasteiger partial charge in [-0.2, -0.15) is 5.26 Å². The van der Waals surface area contributed by atoms with Crippen LogP contribution >= 0.6 is 0 Å². The van der Waals surface area contributed by atoms with Gasteiger partial charge >= 0.3 is 0 Å². The predicted octanol–water partition coefficient (Wildman–Crippen LogP) is 18.3. The normalized spacial score (nSPS) is 11.3. The molecule has 85 heavy (non-hydrogen) atoms. The molecule has 0 N–H and O–H groups in total. The minimum atomic E-state index is 0.506. The first-order valence-corrected chi connectivity index (χ1v) is 27.9. The number of nitrogens with zero attached hydrogens (tertiary/aromatic N) is 10. The lowest BCUT2D eigenvalue weighted by Gasteiger charge is -2.20. The van der Waals surface area contributed by atoms with E-state index in [2.05, 4.69) is 136 Å². The maximum absolute atomic E-state index is 9.93. The Balaban J connectivity index is 0.947. The minimum Gasteiger partial charge on any atom is -0.309 e. The standard InChI is InChI=1S/C75H46N10/c1-47-41-48(46-76)31-36-57(47)53-32-37-60(69(44-53)85-65-30-18-16-28-59(65)62-43-55(34-39-67(62)85)75-82-72(51-23-11-5-12-24-51)79-73(83-75)52-25-13-6-14-26-52)63-45-56(77-2)35-40-68(63)84-64-29-17-15-27-58(64)61-42-54(33-38-66(61)84)74-80-70(49-19-7-3-8-20-49)78-71(81-74)50-21-9-4-10-22-50/h3-45H,1H3. The van der Waals surface area contributed by atoms with Crippen LogP contribution in [0.15, 0.2) is 261 Å². The van der Waals surface area contributed by atoms with Gasteiger partial charge in [0.05, 0.1) is 51.6 Å². The van der Waals surface area contributed by atoms with Crippen LogP contribution < -0.4 is 0 Å². The third-order valence-corrected chi connectivity index (χ3v) is 15.8. The van der Waals surface area contributed by atoms with Gasteiger partial charge in [-0.25, -0.2) is 34.7 Å². The molecule has 0 atom stereocenters. The smallest absolute Gasteiger partial charge is 0.188 e. The van der Waals surface area contributed by atoms with Gasteiger partial charge < -0.3 is 9.13 Å². The van der Waals surface area contributed by atoms with Crippen molar-refractivity contribution < 1.29 is 0 Å². The van der Waals surface area contributed by atoms with Gasteiger partial charge in [0.2, 0.25) is 0 Å². The molecule has 396 valence electrons. The Bertz CT molecular complexity index is 5100. The van der Waals surface area contributed by atoms with Crippen LogP contribution in [0, 0.1) is 24.8 Å². The summed E-state index contributed by atoms with van der Waals surface area (Å²) in [6, 6.07) is 90.8. The zero-order valence-corrected chi connectivity index (χ0v) is 45.8. The third-order valence-electron chi connectivity index (χ3n) is 15.8. The molecule has 0 saturated carbocycles. The summed E-state index contributed by atoms with van der Waals surface area (Å²) in [5.74, 6) is 3.49. The number of fused-ring (bicyclic) bond motifs is 6. The second-order valence-corrected chi connectivity index (χ2v) is 20.9. The van der Waals surface area contributed by atoms with E-state index in [0.717, 1.165) is 116 Å². The molecular formula is C75H46N10. The highest BCUT2D eigenvalue weighted by Gasteiger charge is 2.24. The summed E-state index contributed by atoms with van der Waals surface area (Å²) >= 11 is 0. The second kappa shape index (κ2) is 20.8. The molecule has 0 unspecified atom stereocenters. The van der Waals surface area contributed by atoms with E-state index in [1.165, 1.54) is 0 Å². The van der Waals surface area contributed by atoms with E-state index in [4.69, 9.17) is 36.5 Å². The van der Waals surface area contributed by atoms with Crippen LogP contribution in [0.5, 0.6) is 0 Å². The van der Waals surface area contributed by atoms with E-state index in [1.807, 2.05) is 152 Å². The van der Waals surface area contributed by atoms with E-state index in [1.54, 1.807) is 0 Å². The van der Waals surface area contributed by atoms with Gasteiger partial charge in [-0.05, 0) is 108 Å². The maximum atomic E-state index is 9.93. The zero-order chi connectivity index (χ0) is 57.0. The van der Waals surface area contributed by atoms with Crippen molar-refractivity contribution in [1.29, 1.82) is 5.26 Å². The van der Waals surface area contributed by atoms with Gasteiger partial charge in [-0.15, -0.1) is 0 Å². The Kier molecular flexibility index (Phi) is 12.3. The average molecular weight is 1090 g/mol. The number of aryl methyl sites for hydroxylation is 1. The molecule has 0 aliphatic rings. The highest BCUT2D eigenvalue weighted by Crippen LogP contribution is 2.45. The van der Waals surface area contributed by atoms with E-state index in [9.17, 15) is 5.26 Å². The van der Waals surface area contributed by atoms with Crippen molar-refractivity contribution in [3.63, 3.8) is 0 Å². The third kappa shape index (κ3) is 8.91. The lowest BCUT2D eigenvalue weighted by atomic mass is 9.93. The lowest BCUT2D eigenvalue weighted by molar-refractivity contribution is 1.07. The van der Waals surface area contributed by atoms with Crippen molar-refractivity contribution in [2.45, 2.75) is 6.92 Å². The molecule has 0 saturated heterocycles. The van der Waals surface area contributed by atoms with E-state index in [-0.39, 0.29) is 0 Å². The monoisotopic (exact) mass is 1090 g/mol. The number of nitriles is 1. The average Bonchev–Trinajstić information content (AvgIpc) is 1.77. The van der Waals surface area contributed by atoms with Crippen LogP contribution in [0.3, 0.4) is 0 Å². The molecule has 11 aromatic carbocycles. The summed E-state index contributed by atoms with van der Waals surface area (Å²) in [4.78, 5) is 34.5. The molecule has 15 aromatic rings. The van der Waals surface area contributed by atoms with Gasteiger partial charge in [0.1, 0.15) is 0 Å². The van der Waals surface area contributed by atoms with Crippen molar-refractivity contribution in [1.82, 2.24) is 39.0 Å². The first-order valence-electron chi connectivity index (χ1n) is 27.9. The molecule has 0 bridgehead atoms. The molecule has 0 aliphatic heterocycles. The Morgan fingerprint density at radius 2 is 0.729 bits per heavy atom. The zero-order valence-electron chi connectivity index (χ0n) is 45.8. The molecule has 15 rings (SSSR count). The van der Waals surface area contributed by atoms with E-state index in [0.29, 0.717) is 46.2 Å². The summed E-state index contributed by atoms with van der Waals surface area (Å²) in [5, 5.41) is 14.1. The summed E-state index contributed by atoms with van der Waals surface area (Å²) in [7, 11) is 0. The van der Waals surface area contributed by atoms with Crippen LogP contribution in [0.1, 0.15) is 11.1 Å². The molecule has 0 fully saturated rings. The lowest BCUT2D eigenvalue weighted by Crippen LogP contribution is -2.02. The SMILES string of the molecule is [C-]#[N+]c1ccc(-n2c3ccccc3c3cc(-c4nc(-c5ccccc5)nc(-c5ccccc5)n4)ccc32)c(-c2ccc(-c3ccc(C#N)cc3C)cc2-n2c3ccccc3c3cc(-c4nc(-c5ccccc5)nc(-c5ccccc5)n4)ccc32)c1.